The fraction of sp³-hybridized carbons (Fsp3) is 0.333. The Balaban J connectivity index is 2.03. The smallest absolute Gasteiger partial charge is 0.319 e. The van der Waals surface area contributed by atoms with E-state index < -0.39 is 0 Å². The number of carbonyl (C=O) groups excluding carboxylic acids is 1. The number of nitrogens with zero attached hydrogens (tertiary/aromatic N) is 2. The van der Waals surface area contributed by atoms with E-state index in [0.29, 0.717) is 23.0 Å². The van der Waals surface area contributed by atoms with E-state index in [0.717, 1.165) is 17.0 Å². The Morgan fingerprint density at radius 3 is 2.73 bits per heavy atom. The van der Waals surface area contributed by atoms with Gasteiger partial charge in [-0.3, -0.25) is 4.68 Å². The van der Waals surface area contributed by atoms with Gasteiger partial charge < -0.3 is 15.4 Å². The molecule has 118 valence electrons. The van der Waals surface area contributed by atoms with Crippen molar-refractivity contribution in [2.24, 2.45) is 7.05 Å². The molecule has 0 aliphatic carbocycles. The highest BCUT2D eigenvalue weighted by Gasteiger charge is 2.12. The predicted octanol–water partition coefficient (Wildman–Crippen LogP) is 3.02. The van der Waals surface area contributed by atoms with Gasteiger partial charge in [0.05, 0.1) is 18.5 Å². The summed E-state index contributed by atoms with van der Waals surface area (Å²) in [4.78, 5) is 12.0. The number of rotatable bonds is 4. The summed E-state index contributed by atoms with van der Waals surface area (Å²) in [7, 11) is 3.41. The van der Waals surface area contributed by atoms with Gasteiger partial charge in [0.2, 0.25) is 0 Å². The fourth-order valence-corrected chi connectivity index (χ4v) is 2.36. The number of anilines is 1. The summed E-state index contributed by atoms with van der Waals surface area (Å²) < 4.78 is 6.99. The number of urea groups is 1. The number of methoxy groups -OCH3 is 1. The van der Waals surface area contributed by atoms with Crippen LogP contribution in [0.2, 0.25) is 5.02 Å². The molecule has 0 bridgehead atoms. The molecular weight excluding hydrogens is 304 g/mol. The molecule has 1 aromatic carbocycles. The molecule has 0 aliphatic heterocycles. The Morgan fingerprint density at radius 1 is 1.41 bits per heavy atom. The van der Waals surface area contributed by atoms with Gasteiger partial charge in [0.25, 0.3) is 0 Å². The van der Waals surface area contributed by atoms with Gasteiger partial charge in [0, 0.05) is 29.9 Å². The average Bonchev–Trinajstić information content (AvgIpc) is 2.70. The number of halogens is 1. The van der Waals surface area contributed by atoms with E-state index in [1.165, 1.54) is 7.11 Å². The molecule has 0 atom stereocenters. The van der Waals surface area contributed by atoms with Crippen LogP contribution >= 0.6 is 11.6 Å². The van der Waals surface area contributed by atoms with Crippen molar-refractivity contribution in [3.63, 3.8) is 0 Å². The summed E-state index contributed by atoms with van der Waals surface area (Å²) in [5, 5.41) is 10.4. The summed E-state index contributed by atoms with van der Waals surface area (Å²) in [6, 6.07) is 4.71. The van der Waals surface area contributed by atoms with Crippen molar-refractivity contribution in [3.05, 3.63) is 40.2 Å². The minimum absolute atomic E-state index is 0.330. The second-order valence-corrected chi connectivity index (χ2v) is 5.36. The highest BCUT2D eigenvalue weighted by molar-refractivity contribution is 6.31. The molecule has 0 aliphatic rings. The summed E-state index contributed by atoms with van der Waals surface area (Å²) >= 11 is 5.94. The number of aromatic nitrogens is 2. The molecule has 0 unspecified atom stereocenters. The van der Waals surface area contributed by atoms with Crippen LogP contribution in [0, 0.1) is 13.8 Å². The predicted molar refractivity (Wildman–Crippen MR) is 86.5 cm³/mol. The van der Waals surface area contributed by atoms with Crippen LogP contribution < -0.4 is 15.4 Å². The van der Waals surface area contributed by atoms with Gasteiger partial charge in [-0.05, 0) is 32.0 Å². The maximum Gasteiger partial charge on any atom is 0.319 e. The third-order valence-electron chi connectivity index (χ3n) is 3.49. The van der Waals surface area contributed by atoms with Crippen molar-refractivity contribution in [2.45, 2.75) is 20.4 Å². The molecule has 22 heavy (non-hydrogen) atoms. The number of hydrogen-bond acceptors (Lipinski definition) is 3. The molecule has 0 saturated heterocycles. The van der Waals surface area contributed by atoms with Crippen LogP contribution in [0.15, 0.2) is 18.2 Å². The largest absolute Gasteiger partial charge is 0.495 e. The lowest BCUT2D eigenvalue weighted by molar-refractivity contribution is 0.251. The van der Waals surface area contributed by atoms with Crippen molar-refractivity contribution in [1.82, 2.24) is 15.1 Å². The van der Waals surface area contributed by atoms with Crippen molar-refractivity contribution in [3.8, 4) is 5.75 Å². The Hall–Kier alpha value is -2.21. The molecule has 2 amide bonds. The number of amides is 2. The van der Waals surface area contributed by atoms with Gasteiger partial charge in [-0.2, -0.15) is 5.10 Å². The summed E-state index contributed by atoms with van der Waals surface area (Å²) in [5.74, 6) is 0.549. The number of hydrogen-bond donors (Lipinski definition) is 2. The third-order valence-corrected chi connectivity index (χ3v) is 3.73. The second-order valence-electron chi connectivity index (χ2n) is 4.93. The quantitative estimate of drug-likeness (QED) is 0.909. The Morgan fingerprint density at radius 2 is 2.14 bits per heavy atom. The van der Waals surface area contributed by atoms with E-state index in [1.807, 2.05) is 20.9 Å². The van der Waals surface area contributed by atoms with Crippen LogP contribution in [0.5, 0.6) is 5.75 Å². The normalized spacial score (nSPS) is 10.4. The lowest BCUT2D eigenvalue weighted by atomic mass is 10.2. The third kappa shape index (κ3) is 3.51. The van der Waals surface area contributed by atoms with Gasteiger partial charge >= 0.3 is 6.03 Å². The van der Waals surface area contributed by atoms with Gasteiger partial charge in [-0.1, -0.05) is 11.6 Å². The summed E-state index contributed by atoms with van der Waals surface area (Å²) in [6.07, 6.45) is 0. The molecule has 1 aromatic heterocycles. The molecule has 7 heteroatoms. The number of carbonyl (C=O) groups is 1. The molecule has 6 nitrogen and oxygen atoms in total. The first-order chi connectivity index (χ1) is 10.4. The molecule has 0 spiro atoms. The van der Waals surface area contributed by atoms with E-state index in [1.54, 1.807) is 22.9 Å². The summed E-state index contributed by atoms with van der Waals surface area (Å²) in [5.41, 5.74) is 3.46. The number of nitrogens with one attached hydrogen (secondary N) is 2. The van der Waals surface area contributed by atoms with E-state index in [-0.39, 0.29) is 6.03 Å². The fourth-order valence-electron chi connectivity index (χ4n) is 2.19. The zero-order valence-electron chi connectivity index (χ0n) is 13.0. The van der Waals surface area contributed by atoms with E-state index in [4.69, 9.17) is 16.3 Å². The van der Waals surface area contributed by atoms with E-state index >= 15 is 0 Å². The highest BCUT2D eigenvalue weighted by atomic mass is 35.5. The lowest BCUT2D eigenvalue weighted by Crippen LogP contribution is -2.28. The first-order valence-corrected chi connectivity index (χ1v) is 7.17. The van der Waals surface area contributed by atoms with Crippen LogP contribution in [0.4, 0.5) is 10.5 Å². The zero-order valence-corrected chi connectivity index (χ0v) is 13.8. The molecule has 0 radical (unpaired) electrons. The SMILES string of the molecule is COc1ccc(Cl)cc1NC(=O)NCc1c(C)nn(C)c1C. The molecule has 2 N–H and O–H groups in total. The van der Waals surface area contributed by atoms with Crippen LogP contribution in [-0.2, 0) is 13.6 Å². The average molecular weight is 323 g/mol. The molecule has 2 aromatic rings. The zero-order chi connectivity index (χ0) is 16.3. The lowest BCUT2D eigenvalue weighted by Gasteiger charge is -2.11. The van der Waals surface area contributed by atoms with Gasteiger partial charge in [0.15, 0.2) is 0 Å². The Labute approximate surface area is 134 Å². The Bertz CT molecular complexity index is 697. The first kappa shape index (κ1) is 16.2. The maximum absolute atomic E-state index is 12.0. The minimum atomic E-state index is -0.330. The monoisotopic (exact) mass is 322 g/mol. The van der Waals surface area contributed by atoms with E-state index in [9.17, 15) is 4.79 Å². The highest BCUT2D eigenvalue weighted by Crippen LogP contribution is 2.27. The number of aryl methyl sites for hydroxylation is 2. The van der Waals surface area contributed by atoms with Crippen LogP contribution in [0.3, 0.4) is 0 Å². The van der Waals surface area contributed by atoms with Crippen LogP contribution in [0.1, 0.15) is 17.0 Å². The first-order valence-electron chi connectivity index (χ1n) is 6.80. The van der Waals surface area contributed by atoms with Gasteiger partial charge in [-0.25, -0.2) is 4.79 Å². The molecule has 0 saturated carbocycles. The van der Waals surface area contributed by atoms with Crippen molar-refractivity contribution in [2.75, 3.05) is 12.4 Å². The van der Waals surface area contributed by atoms with Crippen LogP contribution in [-0.4, -0.2) is 22.9 Å². The standard InChI is InChI=1S/C15H19ClN4O2/c1-9-12(10(2)20(3)19-9)8-17-15(21)18-13-7-11(16)5-6-14(13)22-4/h5-7H,8H2,1-4H3,(H2,17,18,21). The molecule has 1 heterocycles. The molecule has 0 fully saturated rings. The van der Waals surface area contributed by atoms with Gasteiger partial charge in [-0.15, -0.1) is 0 Å². The number of ether oxygens (including phenoxy) is 1. The van der Waals surface area contributed by atoms with E-state index in [2.05, 4.69) is 15.7 Å². The topological polar surface area (TPSA) is 68.2 Å². The van der Waals surface area contributed by atoms with Crippen molar-refractivity contribution < 1.29 is 9.53 Å². The summed E-state index contributed by atoms with van der Waals surface area (Å²) in [6.45, 7) is 4.29. The molecular formula is C15H19ClN4O2. The van der Waals surface area contributed by atoms with Crippen LogP contribution in [0.25, 0.3) is 0 Å². The second kappa shape index (κ2) is 6.70. The maximum atomic E-state index is 12.0. The minimum Gasteiger partial charge on any atom is -0.495 e. The van der Waals surface area contributed by atoms with Crippen molar-refractivity contribution >= 4 is 23.3 Å². The Kier molecular flexibility index (Phi) is 4.92. The van der Waals surface area contributed by atoms with Crippen molar-refractivity contribution in [1.29, 1.82) is 0 Å². The van der Waals surface area contributed by atoms with Gasteiger partial charge in [0.1, 0.15) is 5.75 Å². The number of benzene rings is 1. The molecule has 2 rings (SSSR count).